The lowest BCUT2D eigenvalue weighted by Gasteiger charge is -2.19. The van der Waals surface area contributed by atoms with Crippen molar-refractivity contribution in [3.05, 3.63) is 90.4 Å². The Morgan fingerprint density at radius 3 is 2.62 bits per heavy atom. The lowest BCUT2D eigenvalue weighted by atomic mass is 10.1. The van der Waals surface area contributed by atoms with Crippen LogP contribution in [0.2, 0.25) is 0 Å². The Kier molecular flexibility index (Phi) is 6.77. The first-order chi connectivity index (χ1) is 15.6. The number of methoxy groups -OCH3 is 1. The van der Waals surface area contributed by atoms with Crippen molar-refractivity contribution < 1.29 is 18.7 Å². The lowest BCUT2D eigenvalue weighted by Crippen LogP contribution is -2.42. The van der Waals surface area contributed by atoms with E-state index in [1.54, 1.807) is 23.0 Å². The topological polar surface area (TPSA) is 65.4 Å². The second kappa shape index (κ2) is 10.1. The number of amides is 1. The SMILES string of the molecule is COCC(=O)NC(COc1ccc2c(cnn2-c2ccc(F)cc2)c1)Cc1ccccc1. The van der Waals surface area contributed by atoms with Gasteiger partial charge in [0.25, 0.3) is 0 Å². The molecule has 1 unspecified atom stereocenters. The molecule has 32 heavy (non-hydrogen) atoms. The largest absolute Gasteiger partial charge is 0.491 e. The molecule has 1 amide bonds. The maximum atomic E-state index is 13.2. The van der Waals surface area contributed by atoms with E-state index in [2.05, 4.69) is 10.4 Å². The summed E-state index contributed by atoms with van der Waals surface area (Å²) in [6.45, 7) is 0.307. The average molecular weight is 433 g/mol. The summed E-state index contributed by atoms with van der Waals surface area (Å²) in [5, 5.41) is 8.28. The fourth-order valence-electron chi connectivity index (χ4n) is 3.54. The molecule has 0 aliphatic heterocycles. The zero-order valence-corrected chi connectivity index (χ0v) is 17.7. The van der Waals surface area contributed by atoms with Crippen LogP contribution < -0.4 is 10.1 Å². The van der Waals surface area contributed by atoms with Gasteiger partial charge in [0.1, 0.15) is 24.8 Å². The third-order valence-electron chi connectivity index (χ3n) is 5.03. The van der Waals surface area contributed by atoms with E-state index in [1.807, 2.05) is 48.5 Å². The summed E-state index contributed by atoms with van der Waals surface area (Å²) in [7, 11) is 1.49. The molecule has 6 nitrogen and oxygen atoms in total. The molecule has 164 valence electrons. The molecule has 0 aliphatic carbocycles. The molecule has 3 aromatic carbocycles. The summed E-state index contributed by atoms with van der Waals surface area (Å²) < 4.78 is 25.9. The second-order valence-electron chi connectivity index (χ2n) is 7.45. The molecule has 0 saturated heterocycles. The van der Waals surface area contributed by atoms with Crippen molar-refractivity contribution in [2.45, 2.75) is 12.5 Å². The highest BCUT2D eigenvalue weighted by atomic mass is 19.1. The number of carbonyl (C=O) groups is 1. The molecule has 1 aromatic heterocycles. The van der Waals surface area contributed by atoms with Crippen LogP contribution in [0.1, 0.15) is 5.56 Å². The summed E-state index contributed by atoms with van der Waals surface area (Å²) in [4.78, 5) is 12.1. The van der Waals surface area contributed by atoms with E-state index in [9.17, 15) is 9.18 Å². The van der Waals surface area contributed by atoms with Gasteiger partial charge in [-0.3, -0.25) is 4.79 Å². The third kappa shape index (κ3) is 5.31. The molecule has 1 heterocycles. The molecular formula is C25H24FN3O3. The van der Waals surface area contributed by atoms with E-state index in [1.165, 1.54) is 19.2 Å². The average Bonchev–Trinajstić information content (AvgIpc) is 3.22. The summed E-state index contributed by atoms with van der Waals surface area (Å²) in [6.07, 6.45) is 2.38. The monoisotopic (exact) mass is 433 g/mol. The maximum absolute atomic E-state index is 13.2. The Balaban J connectivity index is 1.47. The molecule has 0 spiro atoms. The molecule has 0 saturated carbocycles. The van der Waals surface area contributed by atoms with Gasteiger partial charge in [-0.15, -0.1) is 0 Å². The van der Waals surface area contributed by atoms with Crippen molar-refractivity contribution in [3.63, 3.8) is 0 Å². The van der Waals surface area contributed by atoms with Crippen LogP contribution in [0.25, 0.3) is 16.6 Å². The van der Waals surface area contributed by atoms with Crippen molar-refractivity contribution in [2.24, 2.45) is 0 Å². The standard InChI is InChI=1S/C25H24FN3O3/c1-31-17-25(30)28-21(13-18-5-3-2-4-6-18)16-32-23-11-12-24-19(14-23)15-27-29(24)22-9-7-20(26)8-10-22/h2-12,14-15,21H,13,16-17H2,1H3,(H,28,30). The number of aromatic nitrogens is 2. The van der Waals surface area contributed by atoms with Gasteiger partial charge in [-0.2, -0.15) is 5.10 Å². The smallest absolute Gasteiger partial charge is 0.246 e. The van der Waals surface area contributed by atoms with Crippen LogP contribution in [0.4, 0.5) is 4.39 Å². The van der Waals surface area contributed by atoms with Crippen LogP contribution in [0.5, 0.6) is 5.75 Å². The van der Waals surface area contributed by atoms with Crippen molar-refractivity contribution in [3.8, 4) is 11.4 Å². The van der Waals surface area contributed by atoms with Gasteiger partial charge in [0, 0.05) is 12.5 Å². The van der Waals surface area contributed by atoms with Crippen molar-refractivity contribution >= 4 is 16.8 Å². The number of hydrogen-bond acceptors (Lipinski definition) is 4. The molecular weight excluding hydrogens is 409 g/mol. The van der Waals surface area contributed by atoms with Crippen LogP contribution in [-0.2, 0) is 16.0 Å². The van der Waals surface area contributed by atoms with Crippen molar-refractivity contribution in [1.82, 2.24) is 15.1 Å². The molecule has 0 fully saturated rings. The van der Waals surface area contributed by atoms with Gasteiger partial charge in [0.2, 0.25) is 5.91 Å². The van der Waals surface area contributed by atoms with E-state index < -0.39 is 0 Å². The molecule has 4 aromatic rings. The van der Waals surface area contributed by atoms with Crippen LogP contribution in [-0.4, -0.2) is 42.1 Å². The van der Waals surface area contributed by atoms with Crippen LogP contribution in [0.15, 0.2) is 79.0 Å². The molecule has 0 radical (unpaired) electrons. The highest BCUT2D eigenvalue weighted by Gasteiger charge is 2.15. The molecule has 0 aliphatic rings. The quantitative estimate of drug-likeness (QED) is 0.435. The van der Waals surface area contributed by atoms with Gasteiger partial charge >= 0.3 is 0 Å². The van der Waals surface area contributed by atoms with Gasteiger partial charge in [-0.1, -0.05) is 30.3 Å². The molecule has 1 N–H and O–H groups in total. The Morgan fingerprint density at radius 1 is 1.09 bits per heavy atom. The Hall–Kier alpha value is -3.71. The van der Waals surface area contributed by atoms with Crippen LogP contribution >= 0.6 is 0 Å². The molecule has 4 rings (SSSR count). The number of benzene rings is 3. The minimum atomic E-state index is -0.288. The summed E-state index contributed by atoms with van der Waals surface area (Å²) in [6, 6.07) is 21.6. The number of fused-ring (bicyclic) bond motifs is 1. The number of ether oxygens (including phenoxy) is 2. The number of hydrogen-bond donors (Lipinski definition) is 1. The fourth-order valence-corrected chi connectivity index (χ4v) is 3.54. The lowest BCUT2D eigenvalue weighted by molar-refractivity contribution is -0.125. The normalized spacial score (nSPS) is 11.9. The Labute approximate surface area is 185 Å². The Bertz CT molecular complexity index is 1180. The zero-order valence-electron chi connectivity index (χ0n) is 17.7. The van der Waals surface area contributed by atoms with Gasteiger partial charge in [-0.25, -0.2) is 9.07 Å². The van der Waals surface area contributed by atoms with E-state index in [0.717, 1.165) is 22.2 Å². The van der Waals surface area contributed by atoms with E-state index in [-0.39, 0.29) is 24.4 Å². The summed E-state index contributed by atoms with van der Waals surface area (Å²) in [5.74, 6) is 0.201. The minimum absolute atomic E-state index is 0.000179. The van der Waals surface area contributed by atoms with Gasteiger partial charge in [0.05, 0.1) is 23.4 Å². The van der Waals surface area contributed by atoms with Gasteiger partial charge in [0.15, 0.2) is 0 Å². The first-order valence-corrected chi connectivity index (χ1v) is 10.3. The van der Waals surface area contributed by atoms with Gasteiger partial charge in [-0.05, 0) is 54.4 Å². The number of nitrogens with one attached hydrogen (secondary N) is 1. The van der Waals surface area contributed by atoms with E-state index >= 15 is 0 Å². The first kappa shape index (κ1) is 21.5. The van der Waals surface area contributed by atoms with Crippen LogP contribution in [0, 0.1) is 5.82 Å². The highest BCUT2D eigenvalue weighted by Crippen LogP contribution is 2.23. The van der Waals surface area contributed by atoms with Gasteiger partial charge < -0.3 is 14.8 Å². The van der Waals surface area contributed by atoms with Crippen molar-refractivity contribution in [1.29, 1.82) is 0 Å². The summed E-state index contributed by atoms with van der Waals surface area (Å²) in [5.41, 5.74) is 2.77. The molecule has 1 atom stereocenters. The zero-order chi connectivity index (χ0) is 22.3. The first-order valence-electron chi connectivity index (χ1n) is 10.3. The summed E-state index contributed by atoms with van der Waals surface area (Å²) >= 11 is 0. The second-order valence-corrected chi connectivity index (χ2v) is 7.45. The third-order valence-corrected chi connectivity index (χ3v) is 5.03. The number of rotatable bonds is 9. The fraction of sp³-hybridized carbons (Fsp3) is 0.200. The Morgan fingerprint density at radius 2 is 1.88 bits per heavy atom. The predicted octanol–water partition coefficient (Wildman–Crippen LogP) is 3.92. The molecule has 0 bridgehead atoms. The van der Waals surface area contributed by atoms with E-state index in [0.29, 0.717) is 18.8 Å². The van der Waals surface area contributed by atoms with Crippen molar-refractivity contribution in [2.75, 3.05) is 20.3 Å². The number of nitrogens with zero attached hydrogens (tertiary/aromatic N) is 2. The highest BCUT2D eigenvalue weighted by molar-refractivity contribution is 5.81. The van der Waals surface area contributed by atoms with Crippen LogP contribution in [0.3, 0.4) is 0 Å². The number of carbonyl (C=O) groups excluding carboxylic acids is 1. The predicted molar refractivity (Wildman–Crippen MR) is 120 cm³/mol. The molecule has 7 heteroatoms. The van der Waals surface area contributed by atoms with E-state index in [4.69, 9.17) is 9.47 Å². The maximum Gasteiger partial charge on any atom is 0.246 e. The minimum Gasteiger partial charge on any atom is -0.491 e. The number of halogens is 1.